The predicted molar refractivity (Wildman–Crippen MR) is 114 cm³/mol. The maximum absolute atomic E-state index is 12.9. The van der Waals surface area contributed by atoms with Crippen molar-refractivity contribution in [1.82, 2.24) is 29.1 Å². The highest BCUT2D eigenvalue weighted by Crippen LogP contribution is 2.33. The van der Waals surface area contributed by atoms with Crippen LogP contribution in [0.5, 0.6) is 0 Å². The molecule has 0 spiro atoms. The molecule has 0 bridgehead atoms. The molecule has 0 aliphatic carbocycles. The Morgan fingerprint density at radius 2 is 2.00 bits per heavy atom. The number of aromatic amines is 1. The Labute approximate surface area is 186 Å². The molecule has 4 rings (SSSR count). The molecule has 1 amide bonds. The van der Waals surface area contributed by atoms with Gasteiger partial charge in [-0.1, -0.05) is 0 Å². The van der Waals surface area contributed by atoms with Crippen LogP contribution in [0.2, 0.25) is 0 Å². The fourth-order valence-electron chi connectivity index (χ4n) is 3.25. The third kappa shape index (κ3) is 4.04. The number of fused-ring (bicyclic) bond motifs is 1. The van der Waals surface area contributed by atoms with Gasteiger partial charge in [-0.15, -0.1) is 11.3 Å². The first-order valence-corrected chi connectivity index (χ1v) is 10.3. The average molecular weight is 479 g/mol. The highest BCUT2D eigenvalue weighted by molar-refractivity contribution is 7.13. The van der Waals surface area contributed by atoms with E-state index in [2.05, 4.69) is 25.3 Å². The van der Waals surface area contributed by atoms with E-state index in [1.165, 1.54) is 43.2 Å². The molecule has 10 nitrogen and oxygen atoms in total. The van der Waals surface area contributed by atoms with E-state index in [1.807, 2.05) is 0 Å². The minimum absolute atomic E-state index is 0.0407. The van der Waals surface area contributed by atoms with Crippen LogP contribution in [0, 0.1) is 6.92 Å². The van der Waals surface area contributed by atoms with Gasteiger partial charge in [-0.2, -0.15) is 13.2 Å². The first-order valence-electron chi connectivity index (χ1n) is 9.44. The molecule has 4 aromatic rings. The number of halogens is 3. The number of imidazole rings is 1. The van der Waals surface area contributed by atoms with Crippen molar-refractivity contribution in [3.63, 3.8) is 0 Å². The molecule has 2 N–H and O–H groups in total. The number of aryl methyl sites for hydroxylation is 2. The Morgan fingerprint density at radius 3 is 2.67 bits per heavy atom. The maximum atomic E-state index is 12.9. The Morgan fingerprint density at radius 1 is 1.27 bits per heavy atom. The molecule has 0 radical (unpaired) electrons. The molecule has 1 unspecified atom stereocenters. The second-order valence-corrected chi connectivity index (χ2v) is 8.09. The summed E-state index contributed by atoms with van der Waals surface area (Å²) in [5, 5.41) is 4.52. The van der Waals surface area contributed by atoms with Crippen LogP contribution in [-0.4, -0.2) is 35.0 Å². The first-order chi connectivity index (χ1) is 15.5. The second-order valence-electron chi connectivity index (χ2n) is 7.23. The maximum Gasteiger partial charge on any atom is 0.433 e. The fourth-order valence-corrected chi connectivity index (χ4v) is 3.99. The summed E-state index contributed by atoms with van der Waals surface area (Å²) in [5.74, 6) is -0.323. The number of nitrogens with zero attached hydrogens (tertiary/aromatic N) is 5. The summed E-state index contributed by atoms with van der Waals surface area (Å²) >= 11 is 1.13. The predicted octanol–water partition coefficient (Wildman–Crippen LogP) is 2.47. The van der Waals surface area contributed by atoms with Gasteiger partial charge in [-0.05, 0) is 25.5 Å². The van der Waals surface area contributed by atoms with Gasteiger partial charge >= 0.3 is 11.9 Å². The third-order valence-corrected chi connectivity index (χ3v) is 5.87. The highest BCUT2D eigenvalue weighted by atomic mass is 32.1. The van der Waals surface area contributed by atoms with Crippen molar-refractivity contribution in [2.24, 2.45) is 7.05 Å². The summed E-state index contributed by atoms with van der Waals surface area (Å²) < 4.78 is 41.2. The molecular weight excluding hydrogens is 463 g/mol. The largest absolute Gasteiger partial charge is 0.433 e. The van der Waals surface area contributed by atoms with Crippen LogP contribution in [-0.2, 0) is 18.0 Å². The Hall–Kier alpha value is -3.81. The zero-order chi connectivity index (χ0) is 24.1. The molecular formula is C19H16F3N7O3S. The molecule has 0 aromatic carbocycles. The van der Waals surface area contributed by atoms with Gasteiger partial charge in [0.2, 0.25) is 5.91 Å². The van der Waals surface area contributed by atoms with Gasteiger partial charge in [-0.3, -0.25) is 24.1 Å². The number of pyridine rings is 1. The molecule has 0 aliphatic rings. The van der Waals surface area contributed by atoms with Crippen molar-refractivity contribution < 1.29 is 18.0 Å². The zero-order valence-electron chi connectivity index (χ0n) is 17.4. The lowest BCUT2D eigenvalue weighted by atomic mass is 10.1. The summed E-state index contributed by atoms with van der Waals surface area (Å²) in [4.78, 5) is 50.7. The van der Waals surface area contributed by atoms with Crippen LogP contribution in [0.3, 0.4) is 0 Å². The van der Waals surface area contributed by atoms with E-state index < -0.39 is 35.1 Å². The number of hydrogen-bond acceptors (Lipinski definition) is 7. The first kappa shape index (κ1) is 22.4. The van der Waals surface area contributed by atoms with E-state index in [1.54, 1.807) is 0 Å². The van der Waals surface area contributed by atoms with Crippen molar-refractivity contribution in [1.29, 1.82) is 0 Å². The van der Waals surface area contributed by atoms with Crippen LogP contribution < -0.4 is 16.6 Å². The van der Waals surface area contributed by atoms with Crippen molar-refractivity contribution >= 4 is 34.2 Å². The van der Waals surface area contributed by atoms with Gasteiger partial charge in [0.25, 0.3) is 5.56 Å². The summed E-state index contributed by atoms with van der Waals surface area (Å²) in [6, 6.07) is 0.450. The summed E-state index contributed by atoms with van der Waals surface area (Å²) in [5.41, 5.74) is -1.74. The lowest BCUT2D eigenvalue weighted by Gasteiger charge is -2.13. The Kier molecular flexibility index (Phi) is 5.40. The minimum Gasteiger partial charge on any atom is -0.312 e. The SMILES string of the molecule is Cc1cc(-c2nc(NC(=O)C(C)n3cnc4c3c(=O)[nH]c(=O)n4C)cs2)cnc1C(F)(F)F. The van der Waals surface area contributed by atoms with E-state index >= 15 is 0 Å². The monoisotopic (exact) mass is 479 g/mol. The summed E-state index contributed by atoms with van der Waals surface area (Å²) in [6.45, 7) is 2.85. The zero-order valence-corrected chi connectivity index (χ0v) is 18.2. The molecule has 14 heteroatoms. The Balaban J connectivity index is 1.57. The molecule has 1 atom stereocenters. The number of rotatable bonds is 4. The summed E-state index contributed by atoms with van der Waals surface area (Å²) in [6.07, 6.45) is -2.18. The van der Waals surface area contributed by atoms with Crippen molar-refractivity contribution in [2.45, 2.75) is 26.1 Å². The van der Waals surface area contributed by atoms with Crippen molar-refractivity contribution in [2.75, 3.05) is 5.32 Å². The van der Waals surface area contributed by atoms with E-state index in [-0.39, 0.29) is 22.5 Å². The van der Waals surface area contributed by atoms with Gasteiger partial charge in [0.15, 0.2) is 11.2 Å². The van der Waals surface area contributed by atoms with Crippen molar-refractivity contribution in [3.05, 3.63) is 56.1 Å². The standard InChI is InChI=1S/C19H16F3N7O3S/c1-8-4-10(5-23-13(8)19(20,21)22)17-26-11(6-33-17)25-15(30)9(2)29-7-24-14-12(29)16(31)27-18(32)28(14)3/h4-7,9H,1-3H3,(H,25,30)(H,27,31,32). The Bertz CT molecular complexity index is 1500. The molecule has 4 heterocycles. The third-order valence-electron chi connectivity index (χ3n) is 4.98. The number of hydrogen-bond donors (Lipinski definition) is 2. The van der Waals surface area contributed by atoms with E-state index in [0.29, 0.717) is 10.6 Å². The molecule has 33 heavy (non-hydrogen) atoms. The lowest BCUT2D eigenvalue weighted by molar-refractivity contribution is -0.141. The van der Waals surface area contributed by atoms with Gasteiger partial charge in [0.05, 0.1) is 6.33 Å². The molecule has 0 fully saturated rings. The van der Waals surface area contributed by atoms with Crippen LogP contribution in [0.4, 0.5) is 19.0 Å². The van der Waals surface area contributed by atoms with E-state index in [0.717, 1.165) is 22.1 Å². The van der Waals surface area contributed by atoms with Gasteiger partial charge in [-0.25, -0.2) is 14.8 Å². The number of carbonyl (C=O) groups excluding carboxylic acids is 1. The molecule has 0 saturated carbocycles. The number of anilines is 1. The van der Waals surface area contributed by atoms with Gasteiger partial charge < -0.3 is 9.88 Å². The van der Waals surface area contributed by atoms with Crippen LogP contribution in [0.1, 0.15) is 24.2 Å². The molecule has 0 aliphatic heterocycles. The van der Waals surface area contributed by atoms with E-state index in [4.69, 9.17) is 0 Å². The number of thiazole rings is 1. The second kappa shape index (κ2) is 7.95. The highest BCUT2D eigenvalue weighted by Gasteiger charge is 2.34. The van der Waals surface area contributed by atoms with Gasteiger partial charge in [0, 0.05) is 24.2 Å². The number of H-pyrrole nitrogens is 1. The van der Waals surface area contributed by atoms with Crippen LogP contribution >= 0.6 is 11.3 Å². The normalized spacial score (nSPS) is 12.8. The number of carbonyl (C=O) groups is 1. The molecule has 0 saturated heterocycles. The van der Waals surface area contributed by atoms with Crippen molar-refractivity contribution in [3.8, 4) is 10.6 Å². The van der Waals surface area contributed by atoms with Crippen LogP contribution in [0.15, 0.2) is 33.6 Å². The number of amides is 1. The average Bonchev–Trinajstić information content (AvgIpc) is 3.38. The quantitative estimate of drug-likeness (QED) is 0.463. The number of nitrogens with one attached hydrogen (secondary N) is 2. The van der Waals surface area contributed by atoms with E-state index in [9.17, 15) is 27.6 Å². The number of aromatic nitrogens is 6. The topological polar surface area (TPSA) is 128 Å². The lowest BCUT2D eigenvalue weighted by Crippen LogP contribution is -2.31. The fraction of sp³-hybridized carbons (Fsp3) is 0.263. The van der Waals surface area contributed by atoms with Crippen LogP contribution in [0.25, 0.3) is 21.7 Å². The molecule has 4 aromatic heterocycles. The summed E-state index contributed by atoms with van der Waals surface area (Å²) in [7, 11) is 1.44. The number of alkyl halides is 3. The molecule has 172 valence electrons. The smallest absolute Gasteiger partial charge is 0.312 e. The van der Waals surface area contributed by atoms with Gasteiger partial charge in [0.1, 0.15) is 22.6 Å². The minimum atomic E-state index is -4.55.